The van der Waals surface area contributed by atoms with Crippen LogP contribution in [0.1, 0.15) is 0 Å². The Kier molecular flexibility index (Phi) is 6.12. The lowest BCUT2D eigenvalue weighted by atomic mass is 10.2. The van der Waals surface area contributed by atoms with Gasteiger partial charge in [0.15, 0.2) is 11.0 Å². The van der Waals surface area contributed by atoms with Crippen LogP contribution in [-0.4, -0.2) is 64.2 Å². The van der Waals surface area contributed by atoms with E-state index < -0.39 is 0 Å². The lowest BCUT2D eigenvalue weighted by Gasteiger charge is -2.12. The van der Waals surface area contributed by atoms with Crippen molar-refractivity contribution in [3.05, 3.63) is 29.3 Å². The normalized spacial score (nSPS) is 13.9. The van der Waals surface area contributed by atoms with E-state index in [2.05, 4.69) is 15.5 Å². The van der Waals surface area contributed by atoms with Gasteiger partial charge in [-0.05, 0) is 24.3 Å². The smallest absolute Gasteiger partial charge is 0.324 e. The molecule has 2 aromatic rings. The zero-order chi connectivity index (χ0) is 18.5. The molecular weight excluding hydrogens is 378 g/mol. The van der Waals surface area contributed by atoms with Gasteiger partial charge >= 0.3 is 6.03 Å². The molecule has 0 spiro atoms. The first-order valence-electron chi connectivity index (χ1n) is 7.99. The minimum atomic E-state index is -0.349. The third-order valence-electron chi connectivity index (χ3n) is 3.82. The molecular formula is C16H18ClN5O3S. The molecule has 1 aromatic heterocycles. The molecule has 8 nitrogen and oxygen atoms in total. The summed E-state index contributed by atoms with van der Waals surface area (Å²) in [5.41, 5.74) is 0.870. The lowest BCUT2D eigenvalue weighted by molar-refractivity contribution is -0.124. The summed E-state index contributed by atoms with van der Waals surface area (Å²) >= 11 is 7.19. The fourth-order valence-corrected chi connectivity index (χ4v) is 3.47. The maximum Gasteiger partial charge on any atom is 0.324 e. The van der Waals surface area contributed by atoms with Crippen LogP contribution in [0.3, 0.4) is 0 Å². The monoisotopic (exact) mass is 395 g/mol. The summed E-state index contributed by atoms with van der Waals surface area (Å²) in [6.07, 6.45) is 0. The van der Waals surface area contributed by atoms with Crippen LogP contribution in [-0.2, 0) is 16.1 Å². The molecule has 0 unspecified atom stereocenters. The van der Waals surface area contributed by atoms with Crippen molar-refractivity contribution in [2.24, 2.45) is 0 Å². The second-order valence-corrected chi connectivity index (χ2v) is 6.90. The van der Waals surface area contributed by atoms with Gasteiger partial charge in [-0.1, -0.05) is 23.4 Å². The molecule has 1 aliphatic rings. The average Bonchev–Trinajstić information content (AvgIpc) is 3.24. The van der Waals surface area contributed by atoms with E-state index in [1.54, 1.807) is 19.2 Å². The predicted molar refractivity (Wildman–Crippen MR) is 98.2 cm³/mol. The number of nitrogens with one attached hydrogen (secondary N) is 1. The minimum absolute atomic E-state index is 0.110. The molecule has 0 aliphatic carbocycles. The Bertz CT molecular complexity index is 796. The van der Waals surface area contributed by atoms with E-state index in [0.717, 1.165) is 5.56 Å². The highest BCUT2D eigenvalue weighted by atomic mass is 35.5. The van der Waals surface area contributed by atoms with E-state index in [0.29, 0.717) is 42.2 Å². The molecule has 1 N–H and O–H groups in total. The summed E-state index contributed by atoms with van der Waals surface area (Å²) in [7, 11) is 1.62. The van der Waals surface area contributed by atoms with Gasteiger partial charge in [-0.25, -0.2) is 4.79 Å². The number of thioether (sulfide) groups is 1. The van der Waals surface area contributed by atoms with Crippen LogP contribution in [0, 0.1) is 0 Å². The van der Waals surface area contributed by atoms with Crippen molar-refractivity contribution in [1.29, 1.82) is 0 Å². The molecule has 1 aromatic carbocycles. The van der Waals surface area contributed by atoms with Gasteiger partial charge in [0.2, 0.25) is 5.91 Å². The van der Waals surface area contributed by atoms with E-state index in [-0.39, 0.29) is 17.7 Å². The first-order chi connectivity index (χ1) is 12.6. The van der Waals surface area contributed by atoms with E-state index in [4.69, 9.17) is 16.3 Å². The number of rotatable bonds is 7. The number of hydrogen-bond donors (Lipinski definition) is 1. The van der Waals surface area contributed by atoms with Gasteiger partial charge in [0.05, 0.1) is 18.9 Å². The first-order valence-corrected chi connectivity index (χ1v) is 9.35. The zero-order valence-electron chi connectivity index (χ0n) is 14.1. The number of imide groups is 1. The summed E-state index contributed by atoms with van der Waals surface area (Å²) in [6.45, 7) is 1.90. The summed E-state index contributed by atoms with van der Waals surface area (Å²) in [6, 6.07) is 6.95. The van der Waals surface area contributed by atoms with Crippen LogP contribution in [0.5, 0.6) is 0 Å². The molecule has 1 fully saturated rings. The third-order valence-corrected chi connectivity index (χ3v) is 5.02. The van der Waals surface area contributed by atoms with Crippen LogP contribution in [0.4, 0.5) is 4.79 Å². The molecule has 26 heavy (non-hydrogen) atoms. The molecule has 3 amide bonds. The molecule has 2 heterocycles. The van der Waals surface area contributed by atoms with Gasteiger partial charge in [-0.2, -0.15) is 0 Å². The first kappa shape index (κ1) is 18.7. The number of ether oxygens (including phenoxy) is 1. The summed E-state index contributed by atoms with van der Waals surface area (Å²) in [5.74, 6) is 0.533. The number of hydrogen-bond acceptors (Lipinski definition) is 6. The predicted octanol–water partition coefficient (Wildman–Crippen LogP) is 1.89. The highest BCUT2D eigenvalue weighted by Crippen LogP contribution is 2.25. The molecule has 3 rings (SSSR count). The van der Waals surface area contributed by atoms with Crippen LogP contribution in [0.2, 0.25) is 5.02 Å². The van der Waals surface area contributed by atoms with Crippen molar-refractivity contribution in [2.75, 3.05) is 32.6 Å². The van der Waals surface area contributed by atoms with Crippen molar-refractivity contribution in [1.82, 2.24) is 25.0 Å². The Hall–Kier alpha value is -2.10. The SMILES string of the molecule is COCCn1c(SCC(=O)N2CCNC2=O)nnc1-c1ccc(Cl)cc1. The van der Waals surface area contributed by atoms with Crippen molar-refractivity contribution < 1.29 is 14.3 Å². The Labute approximate surface area is 159 Å². The van der Waals surface area contributed by atoms with Crippen LogP contribution in [0.15, 0.2) is 29.4 Å². The molecule has 0 saturated carbocycles. The average molecular weight is 396 g/mol. The fraction of sp³-hybridized carbons (Fsp3) is 0.375. The largest absolute Gasteiger partial charge is 0.383 e. The third kappa shape index (κ3) is 4.17. The van der Waals surface area contributed by atoms with Gasteiger partial charge in [-0.3, -0.25) is 14.3 Å². The number of carbonyl (C=O) groups is 2. The quantitative estimate of drug-likeness (QED) is 0.720. The standard InChI is InChI=1S/C16H18ClN5O3S/c1-25-9-8-22-14(11-2-4-12(17)5-3-11)19-20-16(22)26-10-13(23)21-7-6-18-15(21)24/h2-5H,6-10H2,1H3,(H,18,24). The van der Waals surface area contributed by atoms with Crippen LogP contribution < -0.4 is 5.32 Å². The van der Waals surface area contributed by atoms with Crippen molar-refractivity contribution in [2.45, 2.75) is 11.7 Å². The Morgan fingerprint density at radius 2 is 2.12 bits per heavy atom. The van der Waals surface area contributed by atoms with E-state index in [1.807, 2.05) is 16.7 Å². The van der Waals surface area contributed by atoms with Crippen LogP contribution >= 0.6 is 23.4 Å². The molecule has 1 saturated heterocycles. The summed E-state index contributed by atoms with van der Waals surface area (Å²) in [4.78, 5) is 25.0. The number of nitrogens with zero attached hydrogens (tertiary/aromatic N) is 4. The topological polar surface area (TPSA) is 89.4 Å². The Balaban J connectivity index is 1.76. The molecule has 1 aliphatic heterocycles. The highest BCUT2D eigenvalue weighted by molar-refractivity contribution is 7.99. The van der Waals surface area contributed by atoms with Crippen molar-refractivity contribution >= 4 is 35.3 Å². The number of amides is 3. The second-order valence-electron chi connectivity index (χ2n) is 5.52. The van der Waals surface area contributed by atoms with Gasteiger partial charge in [0.1, 0.15) is 0 Å². The van der Waals surface area contributed by atoms with Crippen molar-refractivity contribution in [3.8, 4) is 11.4 Å². The van der Waals surface area contributed by atoms with Crippen molar-refractivity contribution in [3.63, 3.8) is 0 Å². The molecule has 0 atom stereocenters. The number of benzene rings is 1. The highest BCUT2D eigenvalue weighted by Gasteiger charge is 2.26. The Morgan fingerprint density at radius 3 is 2.77 bits per heavy atom. The molecule has 0 radical (unpaired) electrons. The minimum Gasteiger partial charge on any atom is -0.383 e. The lowest BCUT2D eigenvalue weighted by Crippen LogP contribution is -2.35. The Morgan fingerprint density at radius 1 is 1.35 bits per heavy atom. The van der Waals surface area contributed by atoms with E-state index in [9.17, 15) is 9.59 Å². The van der Waals surface area contributed by atoms with Gasteiger partial charge in [0, 0.05) is 30.8 Å². The van der Waals surface area contributed by atoms with Gasteiger partial charge < -0.3 is 10.1 Å². The molecule has 10 heteroatoms. The fourth-order valence-electron chi connectivity index (χ4n) is 2.51. The maximum atomic E-state index is 12.2. The number of aromatic nitrogens is 3. The van der Waals surface area contributed by atoms with Gasteiger partial charge in [0.25, 0.3) is 0 Å². The summed E-state index contributed by atoms with van der Waals surface area (Å²) in [5, 5.41) is 12.3. The number of urea groups is 1. The molecule has 138 valence electrons. The van der Waals surface area contributed by atoms with Crippen LogP contribution in [0.25, 0.3) is 11.4 Å². The van der Waals surface area contributed by atoms with Gasteiger partial charge in [-0.15, -0.1) is 10.2 Å². The maximum absolute atomic E-state index is 12.2. The van der Waals surface area contributed by atoms with E-state index in [1.165, 1.54) is 16.7 Å². The number of carbonyl (C=O) groups excluding carboxylic acids is 2. The number of halogens is 1. The zero-order valence-corrected chi connectivity index (χ0v) is 15.7. The van der Waals surface area contributed by atoms with E-state index >= 15 is 0 Å². The second kappa shape index (κ2) is 8.52. The summed E-state index contributed by atoms with van der Waals surface area (Å²) < 4.78 is 7.06. The number of methoxy groups -OCH3 is 1. The molecule has 0 bridgehead atoms.